The Morgan fingerprint density at radius 1 is 0.388 bits per heavy atom. The van der Waals surface area contributed by atoms with Crippen LogP contribution >= 0.6 is 0 Å². The molecule has 8 aromatic rings. The maximum atomic E-state index is 5.27. The molecule has 1 aliphatic carbocycles. The minimum absolute atomic E-state index is 0.0528. The molecule has 0 atom stereocenters. The van der Waals surface area contributed by atoms with Gasteiger partial charge >= 0.3 is 0 Å². The zero-order valence-electron chi connectivity index (χ0n) is 27.6. The molecule has 0 unspecified atom stereocenters. The number of fused-ring (bicyclic) bond motifs is 4. The van der Waals surface area contributed by atoms with Crippen LogP contribution in [0.2, 0.25) is 0 Å². The summed E-state index contributed by atoms with van der Waals surface area (Å²) in [6, 6.07) is 60.6. The Balaban J connectivity index is 1.23. The summed E-state index contributed by atoms with van der Waals surface area (Å²) in [6.07, 6.45) is 0. The van der Waals surface area contributed by atoms with Crippen molar-refractivity contribution in [1.29, 1.82) is 0 Å². The zero-order valence-corrected chi connectivity index (χ0v) is 27.6. The Kier molecular flexibility index (Phi) is 6.84. The van der Waals surface area contributed by atoms with Crippen molar-refractivity contribution in [2.75, 3.05) is 0 Å². The van der Waals surface area contributed by atoms with Gasteiger partial charge in [0, 0.05) is 22.1 Å². The summed E-state index contributed by atoms with van der Waals surface area (Å²) in [5.41, 5.74) is 15.0. The number of nitrogens with zero attached hydrogens (tertiary/aromatic N) is 2. The average molecular weight is 627 g/mol. The molecule has 0 aliphatic heterocycles. The molecule has 232 valence electrons. The molecule has 0 bridgehead atoms. The van der Waals surface area contributed by atoms with Crippen molar-refractivity contribution in [3.63, 3.8) is 0 Å². The van der Waals surface area contributed by atoms with E-state index in [4.69, 9.17) is 9.97 Å². The third-order valence-electron chi connectivity index (χ3n) is 10.1. The molecule has 49 heavy (non-hydrogen) atoms. The average Bonchev–Trinajstić information content (AvgIpc) is 3.41. The number of hydrogen-bond donors (Lipinski definition) is 0. The lowest BCUT2D eigenvalue weighted by Crippen LogP contribution is -2.14. The van der Waals surface area contributed by atoms with E-state index in [-0.39, 0.29) is 5.41 Å². The molecule has 1 aliphatic rings. The standard InChI is InChI=1S/C47H34N2/c1-47(2)41-26-9-8-23-40(41)45-38(24-13-27-42(45)47)34-19-11-20-35(29-34)43-30-44(39-25-12-17-32-16-6-7-22-37(32)39)49-46(48-43)36-21-10-18-33(28-36)31-14-4-3-5-15-31/h3-30H,1-2H3. The summed E-state index contributed by atoms with van der Waals surface area (Å²) < 4.78 is 0. The highest BCUT2D eigenvalue weighted by Gasteiger charge is 2.36. The largest absolute Gasteiger partial charge is 0.228 e. The molecule has 2 heteroatoms. The molecule has 1 aromatic heterocycles. The first-order valence-electron chi connectivity index (χ1n) is 16.9. The van der Waals surface area contributed by atoms with Gasteiger partial charge in [-0.2, -0.15) is 0 Å². The molecular weight excluding hydrogens is 593 g/mol. The molecule has 7 aromatic carbocycles. The molecule has 0 saturated heterocycles. The molecule has 9 rings (SSSR count). The predicted molar refractivity (Wildman–Crippen MR) is 204 cm³/mol. The van der Waals surface area contributed by atoms with E-state index in [9.17, 15) is 0 Å². The van der Waals surface area contributed by atoms with Crippen LogP contribution in [0.15, 0.2) is 170 Å². The summed E-state index contributed by atoms with van der Waals surface area (Å²) >= 11 is 0. The highest BCUT2D eigenvalue weighted by Crippen LogP contribution is 2.52. The van der Waals surface area contributed by atoms with Gasteiger partial charge in [0.05, 0.1) is 11.4 Å². The van der Waals surface area contributed by atoms with Gasteiger partial charge in [-0.25, -0.2) is 9.97 Å². The maximum Gasteiger partial charge on any atom is 0.160 e. The first-order chi connectivity index (χ1) is 24.0. The van der Waals surface area contributed by atoms with Crippen molar-refractivity contribution >= 4 is 10.8 Å². The van der Waals surface area contributed by atoms with Crippen LogP contribution in [0.4, 0.5) is 0 Å². The molecule has 0 spiro atoms. The van der Waals surface area contributed by atoms with Crippen LogP contribution in [0.3, 0.4) is 0 Å². The number of benzene rings is 7. The molecule has 0 amide bonds. The van der Waals surface area contributed by atoms with Crippen LogP contribution in [0.5, 0.6) is 0 Å². The quantitative estimate of drug-likeness (QED) is 0.190. The molecule has 0 saturated carbocycles. The van der Waals surface area contributed by atoms with E-state index in [1.807, 2.05) is 6.07 Å². The van der Waals surface area contributed by atoms with Crippen molar-refractivity contribution in [2.24, 2.45) is 0 Å². The summed E-state index contributed by atoms with van der Waals surface area (Å²) in [5.74, 6) is 0.708. The van der Waals surface area contributed by atoms with Gasteiger partial charge in [0.1, 0.15) is 0 Å². The molecule has 1 heterocycles. The van der Waals surface area contributed by atoms with E-state index in [0.29, 0.717) is 5.82 Å². The third-order valence-corrected chi connectivity index (χ3v) is 10.1. The third kappa shape index (κ3) is 4.96. The molecule has 0 fully saturated rings. The Labute approximate surface area is 287 Å². The highest BCUT2D eigenvalue weighted by molar-refractivity contribution is 5.97. The second kappa shape index (κ2) is 11.5. The first-order valence-corrected chi connectivity index (χ1v) is 16.9. The Hall–Kier alpha value is -6.12. The lowest BCUT2D eigenvalue weighted by atomic mass is 9.82. The van der Waals surface area contributed by atoms with Crippen molar-refractivity contribution in [1.82, 2.24) is 9.97 Å². The van der Waals surface area contributed by atoms with E-state index >= 15 is 0 Å². The van der Waals surface area contributed by atoms with Crippen molar-refractivity contribution in [3.05, 3.63) is 181 Å². The normalized spacial score (nSPS) is 12.9. The van der Waals surface area contributed by atoms with Gasteiger partial charge in [0.15, 0.2) is 5.82 Å². The fraction of sp³-hybridized carbons (Fsp3) is 0.0638. The molecule has 0 N–H and O–H groups in total. The van der Waals surface area contributed by atoms with Crippen molar-refractivity contribution in [3.8, 4) is 67.3 Å². The molecule has 2 nitrogen and oxygen atoms in total. The monoisotopic (exact) mass is 626 g/mol. The lowest BCUT2D eigenvalue weighted by molar-refractivity contribution is 0.660. The van der Waals surface area contributed by atoms with Gasteiger partial charge in [0.25, 0.3) is 0 Å². The zero-order chi connectivity index (χ0) is 33.0. The van der Waals surface area contributed by atoms with Crippen LogP contribution in [0.1, 0.15) is 25.0 Å². The summed E-state index contributed by atoms with van der Waals surface area (Å²) in [5, 5.41) is 2.37. The van der Waals surface area contributed by atoms with E-state index in [1.54, 1.807) is 0 Å². The first kappa shape index (κ1) is 29.1. The minimum Gasteiger partial charge on any atom is -0.228 e. The molecular formula is C47H34N2. The van der Waals surface area contributed by atoms with Gasteiger partial charge in [-0.1, -0.05) is 166 Å². The smallest absolute Gasteiger partial charge is 0.160 e. The SMILES string of the molecule is CC1(C)c2ccccc2-c2c(-c3cccc(-c4cc(-c5cccc6ccccc56)nc(-c5cccc(-c6ccccc6)c5)n4)c3)cccc21. The summed E-state index contributed by atoms with van der Waals surface area (Å²) in [7, 11) is 0. The Bertz CT molecular complexity index is 2520. The fourth-order valence-electron chi connectivity index (χ4n) is 7.62. The minimum atomic E-state index is -0.0528. The maximum absolute atomic E-state index is 5.27. The summed E-state index contributed by atoms with van der Waals surface area (Å²) in [6.45, 7) is 4.67. The fourth-order valence-corrected chi connectivity index (χ4v) is 7.62. The van der Waals surface area contributed by atoms with Gasteiger partial charge in [-0.15, -0.1) is 0 Å². The Morgan fingerprint density at radius 3 is 1.86 bits per heavy atom. The number of rotatable bonds is 5. The van der Waals surface area contributed by atoms with Gasteiger partial charge < -0.3 is 0 Å². The second-order valence-corrected chi connectivity index (χ2v) is 13.4. The van der Waals surface area contributed by atoms with Crippen molar-refractivity contribution < 1.29 is 0 Å². The second-order valence-electron chi connectivity index (χ2n) is 13.4. The van der Waals surface area contributed by atoms with Gasteiger partial charge in [-0.3, -0.25) is 0 Å². The topological polar surface area (TPSA) is 25.8 Å². The van der Waals surface area contributed by atoms with E-state index < -0.39 is 0 Å². The van der Waals surface area contributed by atoms with Crippen LogP contribution in [0, 0.1) is 0 Å². The summed E-state index contributed by atoms with van der Waals surface area (Å²) in [4.78, 5) is 10.5. The molecule has 0 radical (unpaired) electrons. The predicted octanol–water partition coefficient (Wildman–Crippen LogP) is 12.3. The van der Waals surface area contributed by atoms with Crippen molar-refractivity contribution in [2.45, 2.75) is 19.3 Å². The van der Waals surface area contributed by atoms with E-state index in [0.717, 1.165) is 33.6 Å². The van der Waals surface area contributed by atoms with Crippen LogP contribution < -0.4 is 0 Å². The van der Waals surface area contributed by atoms with E-state index in [1.165, 1.54) is 49.7 Å². The van der Waals surface area contributed by atoms with Gasteiger partial charge in [-0.05, 0) is 73.5 Å². The number of aromatic nitrogens is 2. The van der Waals surface area contributed by atoms with Crippen LogP contribution in [-0.4, -0.2) is 9.97 Å². The number of hydrogen-bond acceptors (Lipinski definition) is 2. The van der Waals surface area contributed by atoms with Crippen LogP contribution in [0.25, 0.3) is 78.1 Å². The van der Waals surface area contributed by atoms with Crippen LogP contribution in [-0.2, 0) is 5.41 Å². The van der Waals surface area contributed by atoms with Gasteiger partial charge in [0.2, 0.25) is 0 Å². The van der Waals surface area contributed by atoms with E-state index in [2.05, 4.69) is 178 Å². The highest BCUT2D eigenvalue weighted by atomic mass is 14.9. The lowest BCUT2D eigenvalue weighted by Gasteiger charge is -2.21. The Morgan fingerprint density at radius 2 is 0.959 bits per heavy atom.